The van der Waals surface area contributed by atoms with Crippen molar-refractivity contribution < 1.29 is 44.3 Å². The Kier molecular flexibility index (Phi) is 4.10. The number of phenols is 1. The molecule has 1 aromatic rings. The van der Waals surface area contributed by atoms with E-state index in [1.165, 1.54) is 6.07 Å². The van der Waals surface area contributed by atoms with Gasteiger partial charge in [-0.05, 0) is 17.5 Å². The molecule has 5 atom stereocenters. The molecular weight excluding hydrogens is 401 g/mol. The van der Waals surface area contributed by atoms with Gasteiger partial charge in [0.15, 0.2) is 23.0 Å². The van der Waals surface area contributed by atoms with Crippen molar-refractivity contribution in [3.8, 4) is 5.75 Å². The number of amides is 1. The van der Waals surface area contributed by atoms with Crippen LogP contribution in [0.15, 0.2) is 29.0 Å². The summed E-state index contributed by atoms with van der Waals surface area (Å²) < 4.78 is 13.9. The van der Waals surface area contributed by atoms with Gasteiger partial charge in [-0.3, -0.25) is 14.4 Å². The Bertz CT molecular complexity index is 1110. The van der Waals surface area contributed by atoms with Crippen molar-refractivity contribution in [3.63, 3.8) is 0 Å². The van der Waals surface area contributed by atoms with E-state index in [0.717, 1.165) is 6.07 Å². The SMILES string of the molecule is C[C@H]1c2ccc(F)c(O)c2C(O)=C2C(=O)[C@]3(O)C(O)=C(C(N)=O)C(=O)C[C@@H]3[C@@H](O)C21. The van der Waals surface area contributed by atoms with E-state index in [4.69, 9.17) is 5.73 Å². The van der Waals surface area contributed by atoms with E-state index in [-0.39, 0.29) is 11.1 Å². The summed E-state index contributed by atoms with van der Waals surface area (Å²) in [5, 5.41) is 53.4. The molecule has 0 aromatic heterocycles. The molecule has 0 bridgehead atoms. The van der Waals surface area contributed by atoms with Crippen LogP contribution in [0.3, 0.4) is 0 Å². The number of aliphatic hydroxyl groups is 4. The Labute approximate surface area is 168 Å². The summed E-state index contributed by atoms with van der Waals surface area (Å²) in [5.74, 6) is -11.1. The maximum atomic E-state index is 13.9. The standard InChI is InChI=1S/C20H18FNO8/c1-5-6-2-3-8(21)15(25)11(6)16(26)13-10(5)14(24)7-4-9(23)12(19(22)29)17(27)20(7,30)18(13)28/h2-3,5,7,10,14,24-27,30H,4H2,1H3,(H2,22,29)/t5-,7+,10?,14+,20+/m0/s1. The highest BCUT2D eigenvalue weighted by atomic mass is 19.1. The Morgan fingerprint density at radius 1 is 1.23 bits per heavy atom. The number of fused-ring (bicyclic) bond motifs is 3. The van der Waals surface area contributed by atoms with E-state index in [2.05, 4.69) is 0 Å². The summed E-state index contributed by atoms with van der Waals surface area (Å²) >= 11 is 0. The van der Waals surface area contributed by atoms with E-state index in [1.54, 1.807) is 6.92 Å². The fourth-order valence-electron chi connectivity index (χ4n) is 4.97. The number of hydrogen-bond donors (Lipinski definition) is 6. The summed E-state index contributed by atoms with van der Waals surface area (Å²) in [6.45, 7) is 1.56. The summed E-state index contributed by atoms with van der Waals surface area (Å²) in [7, 11) is 0. The second-order valence-electron chi connectivity index (χ2n) is 7.84. The zero-order chi connectivity index (χ0) is 22.3. The van der Waals surface area contributed by atoms with Gasteiger partial charge in [0.05, 0.1) is 11.7 Å². The minimum Gasteiger partial charge on any atom is -0.508 e. The molecule has 1 amide bonds. The zero-order valence-corrected chi connectivity index (χ0v) is 15.6. The molecule has 1 unspecified atom stereocenters. The fraction of sp³-hybridized carbons (Fsp3) is 0.350. The van der Waals surface area contributed by atoms with Crippen molar-refractivity contribution in [1.82, 2.24) is 0 Å². The van der Waals surface area contributed by atoms with Crippen LogP contribution in [0.2, 0.25) is 0 Å². The van der Waals surface area contributed by atoms with Crippen LogP contribution in [0.1, 0.15) is 30.4 Å². The van der Waals surface area contributed by atoms with Crippen LogP contribution in [-0.4, -0.2) is 54.7 Å². The molecule has 1 saturated carbocycles. The van der Waals surface area contributed by atoms with Gasteiger partial charge in [0.25, 0.3) is 5.91 Å². The van der Waals surface area contributed by atoms with Crippen molar-refractivity contribution in [2.75, 3.05) is 0 Å². The lowest BCUT2D eigenvalue weighted by Gasteiger charge is -2.50. The summed E-state index contributed by atoms with van der Waals surface area (Å²) in [6.07, 6.45) is -2.26. The van der Waals surface area contributed by atoms with Crippen molar-refractivity contribution in [2.24, 2.45) is 17.6 Å². The van der Waals surface area contributed by atoms with Crippen molar-refractivity contribution >= 4 is 23.2 Å². The lowest BCUT2D eigenvalue weighted by atomic mass is 9.55. The van der Waals surface area contributed by atoms with Gasteiger partial charge < -0.3 is 31.3 Å². The molecule has 0 spiro atoms. The van der Waals surface area contributed by atoms with Crippen LogP contribution in [-0.2, 0) is 14.4 Å². The largest absolute Gasteiger partial charge is 0.508 e. The van der Waals surface area contributed by atoms with Gasteiger partial charge in [-0.25, -0.2) is 4.39 Å². The van der Waals surface area contributed by atoms with Crippen LogP contribution >= 0.6 is 0 Å². The third kappa shape index (κ3) is 2.20. The smallest absolute Gasteiger partial charge is 0.255 e. The summed E-state index contributed by atoms with van der Waals surface area (Å²) in [6, 6.07) is 2.25. The molecule has 1 aromatic carbocycles. The summed E-state index contributed by atoms with van der Waals surface area (Å²) in [5.41, 5.74) is 0.544. The maximum Gasteiger partial charge on any atom is 0.255 e. The van der Waals surface area contributed by atoms with Gasteiger partial charge in [0.2, 0.25) is 5.78 Å². The molecule has 1 fully saturated rings. The molecule has 7 N–H and O–H groups in total. The highest BCUT2D eigenvalue weighted by molar-refractivity contribution is 6.22. The topological polar surface area (TPSA) is 178 Å². The van der Waals surface area contributed by atoms with Crippen molar-refractivity contribution in [2.45, 2.75) is 31.0 Å². The molecule has 0 aliphatic heterocycles. The minimum atomic E-state index is -2.91. The molecule has 158 valence electrons. The van der Waals surface area contributed by atoms with Crippen LogP contribution in [0.25, 0.3) is 5.76 Å². The molecule has 10 heteroatoms. The molecule has 3 aliphatic rings. The molecule has 0 saturated heterocycles. The second-order valence-corrected chi connectivity index (χ2v) is 7.84. The molecule has 3 aliphatic carbocycles. The number of carbonyl (C=O) groups excluding carboxylic acids is 3. The molecule has 4 rings (SSSR count). The number of aliphatic hydroxyl groups excluding tert-OH is 3. The Morgan fingerprint density at radius 2 is 1.87 bits per heavy atom. The number of nitrogens with two attached hydrogens (primary N) is 1. The van der Waals surface area contributed by atoms with Gasteiger partial charge in [-0.1, -0.05) is 13.0 Å². The first-order valence-electron chi connectivity index (χ1n) is 9.11. The van der Waals surface area contributed by atoms with E-state index < -0.39 is 87.6 Å². The number of carbonyl (C=O) groups is 3. The number of halogens is 1. The number of benzene rings is 1. The van der Waals surface area contributed by atoms with Crippen LogP contribution < -0.4 is 5.73 Å². The van der Waals surface area contributed by atoms with Gasteiger partial charge in [0, 0.05) is 23.8 Å². The number of Topliss-reactive ketones (excluding diaryl/α,β-unsaturated/α-hetero) is 2. The number of aromatic hydroxyl groups is 1. The monoisotopic (exact) mass is 419 g/mol. The van der Waals surface area contributed by atoms with Crippen LogP contribution in [0.5, 0.6) is 5.75 Å². The zero-order valence-electron chi connectivity index (χ0n) is 15.6. The molecular formula is C20H18FNO8. The average Bonchev–Trinajstić information content (AvgIpc) is 2.67. The number of ketones is 2. The summed E-state index contributed by atoms with van der Waals surface area (Å²) in [4.78, 5) is 37.2. The van der Waals surface area contributed by atoms with Crippen molar-refractivity contribution in [3.05, 3.63) is 46.0 Å². The fourth-order valence-corrected chi connectivity index (χ4v) is 4.97. The molecule has 0 radical (unpaired) electrons. The third-order valence-corrected chi connectivity index (χ3v) is 6.45. The lowest BCUT2D eigenvalue weighted by molar-refractivity contribution is -0.160. The predicted octanol–water partition coefficient (Wildman–Crippen LogP) is 0.0948. The van der Waals surface area contributed by atoms with E-state index in [0.29, 0.717) is 0 Å². The first kappa shape index (κ1) is 20.0. The number of phenolic OH excluding ortho intramolecular Hbond substituents is 1. The first-order valence-corrected chi connectivity index (χ1v) is 9.11. The molecule has 0 heterocycles. The van der Waals surface area contributed by atoms with Crippen molar-refractivity contribution in [1.29, 1.82) is 0 Å². The van der Waals surface area contributed by atoms with Crippen LogP contribution in [0.4, 0.5) is 4.39 Å². The number of hydrogen-bond acceptors (Lipinski definition) is 8. The van der Waals surface area contributed by atoms with Gasteiger partial charge in [0.1, 0.15) is 17.1 Å². The normalized spacial score (nSPS) is 33.2. The maximum absolute atomic E-state index is 13.9. The van der Waals surface area contributed by atoms with Crippen LogP contribution in [0, 0.1) is 17.7 Å². The average molecular weight is 419 g/mol. The van der Waals surface area contributed by atoms with E-state index >= 15 is 0 Å². The van der Waals surface area contributed by atoms with Gasteiger partial charge >= 0.3 is 0 Å². The van der Waals surface area contributed by atoms with E-state index in [1.807, 2.05) is 0 Å². The number of primary amides is 1. The minimum absolute atomic E-state index is 0.247. The van der Waals surface area contributed by atoms with Gasteiger partial charge in [-0.2, -0.15) is 0 Å². The third-order valence-electron chi connectivity index (χ3n) is 6.45. The number of rotatable bonds is 1. The highest BCUT2D eigenvalue weighted by Crippen LogP contribution is 2.55. The molecule has 9 nitrogen and oxygen atoms in total. The highest BCUT2D eigenvalue weighted by Gasteiger charge is 2.64. The molecule has 30 heavy (non-hydrogen) atoms. The quantitative estimate of drug-likeness (QED) is 0.347. The Hall–Kier alpha value is -3.24. The first-order chi connectivity index (χ1) is 13.9. The van der Waals surface area contributed by atoms with Gasteiger partial charge in [-0.15, -0.1) is 0 Å². The van der Waals surface area contributed by atoms with E-state index in [9.17, 15) is 44.3 Å². The predicted molar refractivity (Wildman–Crippen MR) is 97.4 cm³/mol. The lowest BCUT2D eigenvalue weighted by Crippen LogP contribution is -2.63. The Balaban J connectivity index is 2.03. The second kappa shape index (κ2) is 6.13. The Morgan fingerprint density at radius 3 is 2.47 bits per heavy atom.